The molecule has 0 radical (unpaired) electrons. The predicted molar refractivity (Wildman–Crippen MR) is 75.6 cm³/mol. The van der Waals surface area contributed by atoms with Crippen molar-refractivity contribution in [3.63, 3.8) is 0 Å². The summed E-state index contributed by atoms with van der Waals surface area (Å²) in [5.41, 5.74) is 8.93. The first kappa shape index (κ1) is 11.8. The summed E-state index contributed by atoms with van der Waals surface area (Å²) in [6.45, 7) is 0. The van der Waals surface area contributed by atoms with E-state index in [4.69, 9.17) is 5.73 Å². The largest absolute Gasteiger partial charge is 0.399 e. The second kappa shape index (κ2) is 4.76. The van der Waals surface area contributed by atoms with E-state index in [0.29, 0.717) is 11.6 Å². The van der Waals surface area contributed by atoms with Crippen molar-refractivity contribution in [1.82, 2.24) is 9.97 Å². The van der Waals surface area contributed by atoms with Gasteiger partial charge in [-0.1, -0.05) is 6.07 Å². The maximum Gasteiger partial charge on any atom is 0.255 e. The van der Waals surface area contributed by atoms with Crippen molar-refractivity contribution in [1.29, 1.82) is 0 Å². The molecule has 0 bridgehead atoms. The zero-order valence-corrected chi connectivity index (χ0v) is 10.6. The normalized spacial score (nSPS) is 13.9. The predicted octanol–water partition coefficient (Wildman–Crippen LogP) is 1.97. The van der Waals surface area contributed by atoms with Gasteiger partial charge in [-0.3, -0.25) is 9.78 Å². The number of anilines is 3. The van der Waals surface area contributed by atoms with Crippen LogP contribution >= 0.6 is 0 Å². The summed E-state index contributed by atoms with van der Waals surface area (Å²) in [5, 5.41) is 3.09. The molecule has 0 amide bonds. The number of fused-ring (bicyclic) bond motifs is 1. The summed E-state index contributed by atoms with van der Waals surface area (Å²) in [5.74, 6) is 0.483. The van der Waals surface area contributed by atoms with Gasteiger partial charge in [-0.05, 0) is 43.9 Å². The Bertz CT molecular complexity index is 663. The van der Waals surface area contributed by atoms with Gasteiger partial charge >= 0.3 is 0 Å². The quantitative estimate of drug-likeness (QED) is 0.717. The SMILES string of the molecule is Nc1cccc(Nc2nc3c(c(=O)[nH]2)CCCC3)c1. The van der Waals surface area contributed by atoms with Crippen LogP contribution in [0, 0.1) is 0 Å². The molecule has 5 heteroatoms. The van der Waals surface area contributed by atoms with Gasteiger partial charge in [0.2, 0.25) is 5.95 Å². The van der Waals surface area contributed by atoms with Crippen LogP contribution in [0.15, 0.2) is 29.1 Å². The molecule has 3 rings (SSSR count). The molecular weight excluding hydrogens is 240 g/mol. The van der Waals surface area contributed by atoms with Gasteiger partial charge in [0.15, 0.2) is 0 Å². The Labute approximate surface area is 110 Å². The summed E-state index contributed by atoms with van der Waals surface area (Å²) in [6, 6.07) is 7.36. The van der Waals surface area contributed by atoms with E-state index in [2.05, 4.69) is 15.3 Å². The minimum absolute atomic E-state index is 0.0314. The highest BCUT2D eigenvalue weighted by atomic mass is 16.1. The highest BCUT2D eigenvalue weighted by Gasteiger charge is 2.15. The lowest BCUT2D eigenvalue weighted by atomic mass is 9.97. The molecule has 0 fully saturated rings. The number of aryl methyl sites for hydroxylation is 1. The fraction of sp³-hybridized carbons (Fsp3) is 0.286. The van der Waals surface area contributed by atoms with Crippen molar-refractivity contribution >= 4 is 17.3 Å². The molecule has 4 N–H and O–H groups in total. The standard InChI is InChI=1S/C14H16N4O/c15-9-4-3-5-10(8-9)16-14-17-12-7-2-1-6-11(12)13(19)18-14/h3-5,8H,1-2,6-7,15H2,(H2,16,17,18,19). The van der Waals surface area contributed by atoms with Crippen LogP contribution in [0.2, 0.25) is 0 Å². The summed E-state index contributed by atoms with van der Waals surface area (Å²) in [6.07, 6.45) is 3.88. The number of nitrogens with two attached hydrogens (primary N) is 1. The number of nitrogen functional groups attached to an aromatic ring is 1. The molecule has 1 aliphatic carbocycles. The number of nitrogens with zero attached hydrogens (tertiary/aromatic N) is 1. The van der Waals surface area contributed by atoms with Crippen LogP contribution < -0.4 is 16.6 Å². The topological polar surface area (TPSA) is 83.8 Å². The van der Waals surface area contributed by atoms with Crippen molar-refractivity contribution < 1.29 is 0 Å². The molecule has 0 spiro atoms. The van der Waals surface area contributed by atoms with E-state index in [0.717, 1.165) is 42.6 Å². The van der Waals surface area contributed by atoms with E-state index in [9.17, 15) is 4.79 Å². The Kier molecular flexibility index (Phi) is 2.95. The van der Waals surface area contributed by atoms with Gasteiger partial charge in [0.25, 0.3) is 5.56 Å². The summed E-state index contributed by atoms with van der Waals surface area (Å²) >= 11 is 0. The second-order valence-corrected chi connectivity index (χ2v) is 4.80. The van der Waals surface area contributed by atoms with Crippen LogP contribution in [0.4, 0.5) is 17.3 Å². The maximum absolute atomic E-state index is 12.0. The van der Waals surface area contributed by atoms with E-state index in [-0.39, 0.29) is 5.56 Å². The van der Waals surface area contributed by atoms with Crippen molar-refractivity contribution in [2.24, 2.45) is 0 Å². The smallest absolute Gasteiger partial charge is 0.255 e. The molecule has 98 valence electrons. The summed E-state index contributed by atoms with van der Waals surface area (Å²) in [4.78, 5) is 19.3. The zero-order chi connectivity index (χ0) is 13.2. The minimum atomic E-state index is -0.0314. The second-order valence-electron chi connectivity index (χ2n) is 4.80. The third kappa shape index (κ3) is 2.45. The van der Waals surface area contributed by atoms with Crippen molar-refractivity contribution in [3.8, 4) is 0 Å². The Balaban J connectivity index is 1.94. The first-order valence-electron chi connectivity index (χ1n) is 6.47. The number of hydrogen-bond acceptors (Lipinski definition) is 4. The maximum atomic E-state index is 12.0. The number of aromatic amines is 1. The number of nitrogens with one attached hydrogen (secondary N) is 2. The van der Waals surface area contributed by atoms with Gasteiger partial charge in [-0.25, -0.2) is 4.98 Å². The number of hydrogen-bond donors (Lipinski definition) is 3. The molecule has 1 aliphatic rings. The molecule has 0 unspecified atom stereocenters. The lowest BCUT2D eigenvalue weighted by molar-refractivity contribution is 0.658. The van der Waals surface area contributed by atoms with Gasteiger partial charge in [0.05, 0.1) is 5.69 Å². The Morgan fingerprint density at radius 2 is 2.11 bits per heavy atom. The van der Waals surface area contributed by atoms with E-state index in [1.807, 2.05) is 18.2 Å². The van der Waals surface area contributed by atoms with Gasteiger partial charge < -0.3 is 11.1 Å². The molecule has 0 saturated heterocycles. The Morgan fingerprint density at radius 1 is 1.26 bits per heavy atom. The molecule has 5 nitrogen and oxygen atoms in total. The molecule has 1 heterocycles. The van der Waals surface area contributed by atoms with Crippen molar-refractivity contribution in [2.45, 2.75) is 25.7 Å². The first-order chi connectivity index (χ1) is 9.22. The van der Waals surface area contributed by atoms with Crippen LogP contribution in [0.5, 0.6) is 0 Å². The van der Waals surface area contributed by atoms with Gasteiger partial charge in [-0.15, -0.1) is 0 Å². The molecule has 0 saturated carbocycles. The molecule has 19 heavy (non-hydrogen) atoms. The number of H-pyrrole nitrogens is 1. The van der Waals surface area contributed by atoms with Gasteiger partial charge in [0.1, 0.15) is 0 Å². The fourth-order valence-corrected chi connectivity index (χ4v) is 2.42. The van der Waals surface area contributed by atoms with Gasteiger partial charge in [-0.2, -0.15) is 0 Å². The average Bonchev–Trinajstić information content (AvgIpc) is 2.39. The van der Waals surface area contributed by atoms with E-state index in [1.165, 1.54) is 0 Å². The molecule has 0 aliphatic heterocycles. The van der Waals surface area contributed by atoms with Crippen molar-refractivity contribution in [2.75, 3.05) is 11.1 Å². The summed E-state index contributed by atoms with van der Waals surface area (Å²) in [7, 11) is 0. The highest BCUT2D eigenvalue weighted by Crippen LogP contribution is 2.19. The van der Waals surface area contributed by atoms with E-state index in [1.54, 1.807) is 6.07 Å². The Hall–Kier alpha value is -2.30. The first-order valence-corrected chi connectivity index (χ1v) is 6.47. The number of benzene rings is 1. The number of rotatable bonds is 2. The molecule has 1 aromatic heterocycles. The van der Waals surface area contributed by atoms with E-state index >= 15 is 0 Å². The van der Waals surface area contributed by atoms with Crippen LogP contribution in [-0.2, 0) is 12.8 Å². The van der Waals surface area contributed by atoms with Gasteiger partial charge in [0, 0.05) is 16.9 Å². The van der Waals surface area contributed by atoms with Crippen molar-refractivity contribution in [3.05, 3.63) is 45.9 Å². The third-order valence-corrected chi connectivity index (χ3v) is 3.34. The fourth-order valence-electron chi connectivity index (χ4n) is 2.42. The Morgan fingerprint density at radius 3 is 2.95 bits per heavy atom. The third-order valence-electron chi connectivity index (χ3n) is 3.34. The lowest BCUT2D eigenvalue weighted by Gasteiger charge is -2.15. The molecular formula is C14H16N4O. The van der Waals surface area contributed by atoms with Crippen LogP contribution in [0.1, 0.15) is 24.1 Å². The number of aromatic nitrogens is 2. The molecule has 2 aromatic rings. The van der Waals surface area contributed by atoms with Crippen LogP contribution in [0.3, 0.4) is 0 Å². The lowest BCUT2D eigenvalue weighted by Crippen LogP contribution is -2.22. The minimum Gasteiger partial charge on any atom is -0.399 e. The highest BCUT2D eigenvalue weighted by molar-refractivity contribution is 5.59. The summed E-state index contributed by atoms with van der Waals surface area (Å²) < 4.78 is 0. The molecule has 1 aromatic carbocycles. The van der Waals surface area contributed by atoms with E-state index < -0.39 is 0 Å². The van der Waals surface area contributed by atoms with Crippen LogP contribution in [0.25, 0.3) is 0 Å². The van der Waals surface area contributed by atoms with Crippen LogP contribution in [-0.4, -0.2) is 9.97 Å². The average molecular weight is 256 g/mol. The monoisotopic (exact) mass is 256 g/mol. The molecule has 0 atom stereocenters. The zero-order valence-electron chi connectivity index (χ0n) is 10.6.